The summed E-state index contributed by atoms with van der Waals surface area (Å²) in [5.41, 5.74) is 3.12. The van der Waals surface area contributed by atoms with Gasteiger partial charge in [-0.15, -0.1) is 0 Å². The van der Waals surface area contributed by atoms with Gasteiger partial charge in [-0.1, -0.05) is 22.9 Å². The van der Waals surface area contributed by atoms with Crippen LogP contribution in [0.1, 0.15) is 23.7 Å². The summed E-state index contributed by atoms with van der Waals surface area (Å²) in [4.78, 5) is 4.34. The number of benzene rings is 1. The van der Waals surface area contributed by atoms with Crippen molar-refractivity contribution in [2.45, 2.75) is 27.3 Å². The van der Waals surface area contributed by atoms with E-state index in [1.54, 1.807) is 0 Å². The smallest absolute Gasteiger partial charge is 0.135 e. The normalized spacial score (nSPS) is 10.6. The highest BCUT2D eigenvalue weighted by atomic mass is 79.9. The maximum Gasteiger partial charge on any atom is 0.135 e. The second-order valence-electron chi connectivity index (χ2n) is 4.73. The first-order chi connectivity index (χ1) is 9.60. The minimum Gasteiger partial charge on any atom is -0.457 e. The number of aryl methyl sites for hydroxylation is 2. The predicted octanol–water partition coefficient (Wildman–Crippen LogP) is 4.36. The van der Waals surface area contributed by atoms with Crippen molar-refractivity contribution in [1.29, 1.82) is 0 Å². The number of aromatic nitrogens is 1. The highest BCUT2D eigenvalue weighted by Crippen LogP contribution is 2.29. The van der Waals surface area contributed by atoms with E-state index in [9.17, 15) is 0 Å². The molecule has 0 spiro atoms. The molecule has 0 atom stereocenters. The fraction of sp³-hybridized carbons (Fsp3) is 0.312. The molecular weight excluding hydrogens is 316 g/mol. The second kappa shape index (κ2) is 6.86. The summed E-state index contributed by atoms with van der Waals surface area (Å²) >= 11 is 3.47. The Morgan fingerprint density at radius 2 is 2.00 bits per heavy atom. The Balaban J connectivity index is 2.29. The first-order valence-electron chi connectivity index (χ1n) is 6.70. The maximum atomic E-state index is 6.07. The molecule has 0 bridgehead atoms. The van der Waals surface area contributed by atoms with Crippen LogP contribution in [0.3, 0.4) is 0 Å². The number of nitrogens with zero attached hydrogens (tertiary/aromatic N) is 1. The first kappa shape index (κ1) is 15.0. The van der Waals surface area contributed by atoms with Gasteiger partial charge in [0.05, 0.1) is 0 Å². The molecule has 0 fully saturated rings. The van der Waals surface area contributed by atoms with Crippen LogP contribution >= 0.6 is 15.9 Å². The molecule has 0 amide bonds. The lowest BCUT2D eigenvalue weighted by Gasteiger charge is -2.13. The predicted molar refractivity (Wildman–Crippen MR) is 85.3 cm³/mol. The molecule has 106 valence electrons. The molecule has 0 aliphatic heterocycles. The third-order valence-electron chi connectivity index (χ3n) is 3.00. The van der Waals surface area contributed by atoms with Crippen LogP contribution in [0, 0.1) is 13.8 Å². The van der Waals surface area contributed by atoms with Gasteiger partial charge in [0.2, 0.25) is 0 Å². The molecule has 0 saturated carbocycles. The number of halogens is 1. The summed E-state index contributed by atoms with van der Waals surface area (Å²) in [7, 11) is 0. The first-order valence-corrected chi connectivity index (χ1v) is 7.49. The van der Waals surface area contributed by atoms with Gasteiger partial charge in [0.1, 0.15) is 11.5 Å². The topological polar surface area (TPSA) is 34.2 Å². The van der Waals surface area contributed by atoms with Crippen molar-refractivity contribution in [3.63, 3.8) is 0 Å². The van der Waals surface area contributed by atoms with Gasteiger partial charge in [0, 0.05) is 34.5 Å². The number of ether oxygens (including phenoxy) is 1. The number of pyridine rings is 1. The lowest BCUT2D eigenvalue weighted by molar-refractivity contribution is 0.468. The van der Waals surface area contributed by atoms with E-state index in [0.717, 1.165) is 45.9 Å². The zero-order valence-corrected chi connectivity index (χ0v) is 13.6. The van der Waals surface area contributed by atoms with Crippen molar-refractivity contribution >= 4 is 15.9 Å². The quantitative estimate of drug-likeness (QED) is 0.881. The summed E-state index contributed by atoms with van der Waals surface area (Å²) in [6.07, 6.45) is 1.88. The molecular formula is C16H19BrN2O. The van der Waals surface area contributed by atoms with Crippen LogP contribution < -0.4 is 10.1 Å². The van der Waals surface area contributed by atoms with Crippen LogP contribution in [0.2, 0.25) is 0 Å². The minimum absolute atomic E-state index is 0.759. The lowest BCUT2D eigenvalue weighted by Crippen LogP contribution is -2.13. The van der Waals surface area contributed by atoms with Crippen LogP contribution in [0.25, 0.3) is 0 Å². The van der Waals surface area contributed by atoms with E-state index >= 15 is 0 Å². The SMILES string of the molecule is CCNCc1cnc(C)cc1Oc1ccc(Br)cc1C. The Labute approximate surface area is 128 Å². The fourth-order valence-corrected chi connectivity index (χ4v) is 2.37. The zero-order chi connectivity index (χ0) is 14.5. The van der Waals surface area contributed by atoms with Crippen LogP contribution in [0.4, 0.5) is 0 Å². The van der Waals surface area contributed by atoms with Gasteiger partial charge in [-0.05, 0) is 44.2 Å². The van der Waals surface area contributed by atoms with Gasteiger partial charge >= 0.3 is 0 Å². The highest BCUT2D eigenvalue weighted by Gasteiger charge is 2.08. The van der Waals surface area contributed by atoms with E-state index in [1.807, 2.05) is 44.3 Å². The maximum absolute atomic E-state index is 6.07. The van der Waals surface area contributed by atoms with E-state index in [2.05, 4.69) is 33.2 Å². The van der Waals surface area contributed by atoms with E-state index in [-0.39, 0.29) is 0 Å². The molecule has 2 rings (SSSR count). The molecule has 2 aromatic rings. The lowest BCUT2D eigenvalue weighted by atomic mass is 10.2. The van der Waals surface area contributed by atoms with Crippen molar-refractivity contribution < 1.29 is 4.74 Å². The molecule has 1 N–H and O–H groups in total. The molecule has 0 unspecified atom stereocenters. The fourth-order valence-electron chi connectivity index (χ4n) is 1.90. The zero-order valence-electron chi connectivity index (χ0n) is 12.0. The summed E-state index contributed by atoms with van der Waals surface area (Å²) in [5.74, 6) is 1.74. The van der Waals surface area contributed by atoms with Crippen LogP contribution in [0.5, 0.6) is 11.5 Å². The van der Waals surface area contributed by atoms with Gasteiger partial charge in [0.25, 0.3) is 0 Å². The molecule has 3 nitrogen and oxygen atoms in total. The van der Waals surface area contributed by atoms with Crippen molar-refractivity contribution in [2.75, 3.05) is 6.54 Å². The summed E-state index contributed by atoms with van der Waals surface area (Å²) in [6, 6.07) is 7.99. The second-order valence-corrected chi connectivity index (χ2v) is 5.64. The molecule has 0 radical (unpaired) electrons. The van der Waals surface area contributed by atoms with Gasteiger partial charge in [-0.3, -0.25) is 4.98 Å². The summed E-state index contributed by atoms with van der Waals surface area (Å²) < 4.78 is 7.13. The number of hydrogen-bond donors (Lipinski definition) is 1. The van der Waals surface area contributed by atoms with Gasteiger partial charge in [0.15, 0.2) is 0 Å². The average Bonchev–Trinajstić information content (AvgIpc) is 2.41. The molecule has 4 heteroatoms. The van der Waals surface area contributed by atoms with Crippen LogP contribution in [-0.4, -0.2) is 11.5 Å². The Morgan fingerprint density at radius 1 is 1.20 bits per heavy atom. The highest BCUT2D eigenvalue weighted by molar-refractivity contribution is 9.10. The van der Waals surface area contributed by atoms with Crippen LogP contribution in [0.15, 0.2) is 34.9 Å². The van der Waals surface area contributed by atoms with E-state index in [0.29, 0.717) is 0 Å². The van der Waals surface area contributed by atoms with Gasteiger partial charge in [-0.2, -0.15) is 0 Å². The molecule has 0 saturated heterocycles. The Bertz CT molecular complexity index is 599. The van der Waals surface area contributed by atoms with Crippen molar-refractivity contribution in [2.24, 2.45) is 0 Å². The molecule has 1 heterocycles. The Kier molecular flexibility index (Phi) is 5.15. The van der Waals surface area contributed by atoms with E-state index in [1.165, 1.54) is 0 Å². The Hall–Kier alpha value is -1.39. The molecule has 20 heavy (non-hydrogen) atoms. The van der Waals surface area contributed by atoms with Gasteiger partial charge in [-0.25, -0.2) is 0 Å². The van der Waals surface area contributed by atoms with E-state index in [4.69, 9.17) is 4.74 Å². The summed E-state index contributed by atoms with van der Waals surface area (Å²) in [6.45, 7) is 7.77. The minimum atomic E-state index is 0.759. The van der Waals surface area contributed by atoms with Crippen LogP contribution in [-0.2, 0) is 6.54 Å². The number of rotatable bonds is 5. The van der Waals surface area contributed by atoms with E-state index < -0.39 is 0 Å². The number of hydrogen-bond acceptors (Lipinski definition) is 3. The van der Waals surface area contributed by atoms with Crippen molar-refractivity contribution in [3.8, 4) is 11.5 Å². The average molecular weight is 335 g/mol. The van der Waals surface area contributed by atoms with Gasteiger partial charge < -0.3 is 10.1 Å². The molecule has 0 aliphatic rings. The molecule has 1 aromatic heterocycles. The number of nitrogens with one attached hydrogen (secondary N) is 1. The molecule has 0 aliphatic carbocycles. The third-order valence-corrected chi connectivity index (χ3v) is 3.50. The monoisotopic (exact) mass is 334 g/mol. The van der Waals surface area contributed by atoms with Crippen molar-refractivity contribution in [3.05, 3.63) is 51.8 Å². The third kappa shape index (κ3) is 3.81. The summed E-state index contributed by atoms with van der Waals surface area (Å²) in [5, 5.41) is 3.31. The largest absolute Gasteiger partial charge is 0.457 e. The Morgan fingerprint density at radius 3 is 2.70 bits per heavy atom. The standard InChI is InChI=1S/C16H19BrN2O/c1-4-18-9-13-10-19-12(3)8-16(13)20-15-6-5-14(17)7-11(15)2/h5-8,10,18H,4,9H2,1-3H3. The van der Waals surface area contributed by atoms with Crippen molar-refractivity contribution in [1.82, 2.24) is 10.3 Å². The molecule has 1 aromatic carbocycles.